The van der Waals surface area contributed by atoms with Crippen LogP contribution in [0.2, 0.25) is 0 Å². The second-order valence-corrected chi connectivity index (χ2v) is 4.96. The molecule has 116 valence electrons. The maximum Gasteiger partial charge on any atom is 0.335 e. The van der Waals surface area contributed by atoms with Crippen molar-refractivity contribution in [3.63, 3.8) is 0 Å². The van der Waals surface area contributed by atoms with Gasteiger partial charge in [-0.3, -0.25) is 4.79 Å². The number of ether oxygens (including phenoxy) is 1. The van der Waals surface area contributed by atoms with Crippen LogP contribution in [0.25, 0.3) is 0 Å². The number of anilines is 1. The Morgan fingerprint density at radius 3 is 2.57 bits per heavy atom. The third kappa shape index (κ3) is 4.77. The summed E-state index contributed by atoms with van der Waals surface area (Å²) in [5, 5.41) is 11.8. The molecule has 1 atom stereocenters. The quantitative estimate of drug-likeness (QED) is 0.768. The lowest BCUT2D eigenvalue weighted by molar-refractivity contribution is -0.120. The number of hydrogen-bond donors (Lipinski definition) is 2. The third-order valence-electron chi connectivity index (χ3n) is 3.48. The predicted octanol–water partition coefficient (Wildman–Crippen LogP) is 3.55. The van der Waals surface area contributed by atoms with Gasteiger partial charge in [0.25, 0.3) is 0 Å². The van der Waals surface area contributed by atoms with Crippen molar-refractivity contribution >= 4 is 17.6 Å². The Hall–Kier alpha value is -2.04. The lowest BCUT2D eigenvalue weighted by atomic mass is 9.98. The normalized spacial score (nSPS) is 11.8. The Bertz CT molecular complexity index is 499. The largest absolute Gasteiger partial charge is 0.495 e. The van der Waals surface area contributed by atoms with Crippen LogP contribution < -0.4 is 10.1 Å². The SMILES string of the molecule is CCCCC(CC)C(=O)Nc1ccc(C(=O)O)cc1OC. The Balaban J connectivity index is 2.86. The maximum absolute atomic E-state index is 12.3. The molecule has 0 aliphatic heterocycles. The fourth-order valence-electron chi connectivity index (χ4n) is 2.13. The Kier molecular flexibility index (Phi) is 6.72. The molecule has 0 saturated carbocycles. The van der Waals surface area contributed by atoms with E-state index in [0.717, 1.165) is 25.7 Å². The molecule has 1 unspecified atom stereocenters. The van der Waals surface area contributed by atoms with Gasteiger partial charge in [-0.1, -0.05) is 26.7 Å². The zero-order chi connectivity index (χ0) is 15.8. The zero-order valence-electron chi connectivity index (χ0n) is 12.8. The van der Waals surface area contributed by atoms with E-state index in [1.165, 1.54) is 19.2 Å². The van der Waals surface area contributed by atoms with Gasteiger partial charge in [-0.25, -0.2) is 4.79 Å². The van der Waals surface area contributed by atoms with Crippen molar-refractivity contribution in [2.75, 3.05) is 12.4 Å². The van der Waals surface area contributed by atoms with Gasteiger partial charge < -0.3 is 15.2 Å². The summed E-state index contributed by atoms with van der Waals surface area (Å²) >= 11 is 0. The van der Waals surface area contributed by atoms with Crippen LogP contribution in [0, 0.1) is 5.92 Å². The first kappa shape index (κ1) is 17.0. The van der Waals surface area contributed by atoms with E-state index in [9.17, 15) is 9.59 Å². The van der Waals surface area contributed by atoms with Crippen LogP contribution in [0.4, 0.5) is 5.69 Å². The van der Waals surface area contributed by atoms with E-state index in [-0.39, 0.29) is 17.4 Å². The summed E-state index contributed by atoms with van der Waals surface area (Å²) < 4.78 is 5.15. The highest BCUT2D eigenvalue weighted by molar-refractivity contribution is 5.95. The smallest absolute Gasteiger partial charge is 0.335 e. The number of methoxy groups -OCH3 is 1. The highest BCUT2D eigenvalue weighted by atomic mass is 16.5. The van der Waals surface area contributed by atoms with E-state index in [1.54, 1.807) is 6.07 Å². The lowest BCUT2D eigenvalue weighted by Gasteiger charge is -2.16. The van der Waals surface area contributed by atoms with Gasteiger partial charge in [0.1, 0.15) is 5.75 Å². The molecule has 0 fully saturated rings. The molecule has 1 amide bonds. The number of carboxylic acids is 1. The molecule has 0 heterocycles. The Labute approximate surface area is 125 Å². The zero-order valence-corrected chi connectivity index (χ0v) is 12.8. The summed E-state index contributed by atoms with van der Waals surface area (Å²) in [5.41, 5.74) is 0.630. The topological polar surface area (TPSA) is 75.6 Å². The number of carbonyl (C=O) groups is 2. The van der Waals surface area contributed by atoms with Crippen molar-refractivity contribution in [3.05, 3.63) is 23.8 Å². The third-order valence-corrected chi connectivity index (χ3v) is 3.48. The highest BCUT2D eigenvalue weighted by Gasteiger charge is 2.18. The molecular formula is C16H23NO4. The van der Waals surface area contributed by atoms with Crippen molar-refractivity contribution in [1.82, 2.24) is 0 Å². The predicted molar refractivity (Wildman–Crippen MR) is 81.9 cm³/mol. The van der Waals surface area contributed by atoms with E-state index in [0.29, 0.717) is 11.4 Å². The number of carbonyl (C=O) groups excluding carboxylic acids is 1. The van der Waals surface area contributed by atoms with Crippen molar-refractivity contribution in [1.29, 1.82) is 0 Å². The monoisotopic (exact) mass is 293 g/mol. The number of aromatic carboxylic acids is 1. The van der Waals surface area contributed by atoms with Gasteiger partial charge in [-0.05, 0) is 31.0 Å². The molecule has 0 saturated heterocycles. The molecular weight excluding hydrogens is 270 g/mol. The maximum atomic E-state index is 12.3. The second kappa shape index (κ2) is 8.29. The minimum atomic E-state index is -1.03. The van der Waals surface area contributed by atoms with E-state index >= 15 is 0 Å². The van der Waals surface area contributed by atoms with Crippen molar-refractivity contribution in [2.45, 2.75) is 39.5 Å². The Morgan fingerprint density at radius 1 is 1.33 bits per heavy atom. The molecule has 1 aromatic rings. The summed E-state index contributed by atoms with van der Waals surface area (Å²) in [6, 6.07) is 4.42. The molecule has 0 bridgehead atoms. The van der Waals surface area contributed by atoms with Crippen LogP contribution in [0.15, 0.2) is 18.2 Å². The summed E-state index contributed by atoms with van der Waals surface area (Å²) in [5.74, 6) is -0.754. The molecule has 0 spiro atoms. The van der Waals surface area contributed by atoms with Crippen LogP contribution in [0.3, 0.4) is 0 Å². The van der Waals surface area contributed by atoms with Gasteiger partial charge in [0.05, 0.1) is 18.4 Å². The summed E-state index contributed by atoms with van der Waals surface area (Å²) in [4.78, 5) is 23.2. The highest BCUT2D eigenvalue weighted by Crippen LogP contribution is 2.27. The fraction of sp³-hybridized carbons (Fsp3) is 0.500. The Morgan fingerprint density at radius 2 is 2.05 bits per heavy atom. The van der Waals surface area contributed by atoms with Gasteiger partial charge in [0, 0.05) is 5.92 Å². The van der Waals surface area contributed by atoms with Crippen LogP contribution in [-0.4, -0.2) is 24.1 Å². The molecule has 5 heteroatoms. The van der Waals surface area contributed by atoms with Crippen LogP contribution in [0.1, 0.15) is 49.9 Å². The molecule has 0 radical (unpaired) electrons. The van der Waals surface area contributed by atoms with E-state index < -0.39 is 5.97 Å². The van der Waals surface area contributed by atoms with E-state index in [4.69, 9.17) is 9.84 Å². The van der Waals surface area contributed by atoms with Gasteiger partial charge in [-0.15, -0.1) is 0 Å². The van der Waals surface area contributed by atoms with Crippen LogP contribution >= 0.6 is 0 Å². The van der Waals surface area contributed by atoms with E-state index in [1.807, 2.05) is 6.92 Å². The number of benzene rings is 1. The second-order valence-electron chi connectivity index (χ2n) is 4.96. The average molecular weight is 293 g/mol. The number of amides is 1. The minimum absolute atomic E-state index is 0.0335. The first-order valence-corrected chi connectivity index (χ1v) is 7.25. The lowest BCUT2D eigenvalue weighted by Crippen LogP contribution is -2.22. The fourth-order valence-corrected chi connectivity index (χ4v) is 2.13. The standard InChI is InChI=1S/C16H23NO4/c1-4-6-7-11(5-2)15(18)17-13-9-8-12(16(19)20)10-14(13)21-3/h8-11H,4-7H2,1-3H3,(H,17,18)(H,19,20). The molecule has 21 heavy (non-hydrogen) atoms. The van der Waals surface area contributed by atoms with Crippen molar-refractivity contribution < 1.29 is 19.4 Å². The number of rotatable bonds is 8. The molecule has 0 aliphatic carbocycles. The van der Waals surface area contributed by atoms with Gasteiger partial charge >= 0.3 is 5.97 Å². The molecule has 1 rings (SSSR count). The first-order chi connectivity index (χ1) is 10.0. The van der Waals surface area contributed by atoms with Crippen LogP contribution in [0.5, 0.6) is 5.75 Å². The van der Waals surface area contributed by atoms with Gasteiger partial charge in [-0.2, -0.15) is 0 Å². The van der Waals surface area contributed by atoms with Gasteiger partial charge in [0.15, 0.2) is 0 Å². The van der Waals surface area contributed by atoms with Gasteiger partial charge in [0.2, 0.25) is 5.91 Å². The number of nitrogens with one attached hydrogen (secondary N) is 1. The van der Waals surface area contributed by atoms with Crippen molar-refractivity contribution in [3.8, 4) is 5.75 Å². The molecule has 0 aliphatic rings. The first-order valence-electron chi connectivity index (χ1n) is 7.25. The van der Waals surface area contributed by atoms with Crippen molar-refractivity contribution in [2.24, 2.45) is 5.92 Å². The molecule has 1 aromatic carbocycles. The average Bonchev–Trinajstić information content (AvgIpc) is 2.48. The molecule has 2 N–H and O–H groups in total. The number of carboxylic acid groups (broad SMARTS) is 1. The molecule has 0 aromatic heterocycles. The number of unbranched alkanes of at least 4 members (excludes halogenated alkanes) is 1. The number of hydrogen-bond acceptors (Lipinski definition) is 3. The summed E-state index contributed by atoms with van der Waals surface area (Å²) in [6.45, 7) is 4.09. The minimum Gasteiger partial charge on any atom is -0.495 e. The van der Waals surface area contributed by atoms with Crippen LogP contribution in [-0.2, 0) is 4.79 Å². The summed E-state index contributed by atoms with van der Waals surface area (Å²) in [7, 11) is 1.45. The summed E-state index contributed by atoms with van der Waals surface area (Å²) in [6.07, 6.45) is 3.71. The van der Waals surface area contributed by atoms with E-state index in [2.05, 4.69) is 12.2 Å². The molecule has 5 nitrogen and oxygen atoms in total.